The van der Waals surface area contributed by atoms with Gasteiger partial charge in [-0.05, 0) is 43.5 Å². The van der Waals surface area contributed by atoms with Crippen molar-refractivity contribution in [3.8, 4) is 0 Å². The predicted octanol–water partition coefficient (Wildman–Crippen LogP) is 4.27. The largest absolute Gasteiger partial charge is 0.416 e. The van der Waals surface area contributed by atoms with Gasteiger partial charge in [0.1, 0.15) is 0 Å². The Balaban J connectivity index is 2.73. The fourth-order valence-corrected chi connectivity index (χ4v) is 2.24. The summed E-state index contributed by atoms with van der Waals surface area (Å²) in [5.41, 5.74) is 0.217. The summed E-state index contributed by atoms with van der Waals surface area (Å²) in [7, 11) is 0. The molecular weight excluding hydrogens is 251 g/mol. The van der Waals surface area contributed by atoms with Gasteiger partial charge in [0.15, 0.2) is 0 Å². The molecule has 0 aromatic heterocycles. The van der Waals surface area contributed by atoms with E-state index in [1.54, 1.807) is 6.07 Å². The summed E-state index contributed by atoms with van der Waals surface area (Å²) in [4.78, 5) is 0. The Kier molecular flexibility index (Phi) is 6.35. The van der Waals surface area contributed by atoms with E-state index in [2.05, 4.69) is 12.2 Å². The molecule has 19 heavy (non-hydrogen) atoms. The molecule has 1 N–H and O–H groups in total. The van der Waals surface area contributed by atoms with Gasteiger partial charge in [-0.2, -0.15) is 13.2 Å². The zero-order chi connectivity index (χ0) is 14.3. The second-order valence-corrected chi connectivity index (χ2v) is 4.86. The molecule has 0 aliphatic rings. The van der Waals surface area contributed by atoms with Gasteiger partial charge < -0.3 is 5.32 Å². The SMILES string of the molecule is CCCC(CNCC)Cc1cccc(C(F)(F)F)c1. The lowest BCUT2D eigenvalue weighted by molar-refractivity contribution is -0.137. The molecule has 108 valence electrons. The Bertz CT molecular complexity index is 374. The molecule has 0 aliphatic carbocycles. The van der Waals surface area contributed by atoms with Gasteiger partial charge in [-0.15, -0.1) is 0 Å². The molecule has 0 fully saturated rings. The summed E-state index contributed by atoms with van der Waals surface area (Å²) in [5, 5.41) is 3.28. The lowest BCUT2D eigenvalue weighted by Crippen LogP contribution is -2.24. The van der Waals surface area contributed by atoms with Crippen molar-refractivity contribution in [1.82, 2.24) is 5.32 Å². The number of alkyl halides is 3. The molecule has 0 heterocycles. The van der Waals surface area contributed by atoms with Crippen LogP contribution >= 0.6 is 0 Å². The van der Waals surface area contributed by atoms with Crippen molar-refractivity contribution in [2.24, 2.45) is 5.92 Å². The van der Waals surface area contributed by atoms with Crippen molar-refractivity contribution in [3.63, 3.8) is 0 Å². The fourth-order valence-electron chi connectivity index (χ4n) is 2.24. The highest BCUT2D eigenvalue weighted by atomic mass is 19.4. The third-order valence-corrected chi connectivity index (χ3v) is 3.16. The molecule has 0 amide bonds. The Morgan fingerprint density at radius 2 is 1.95 bits per heavy atom. The van der Waals surface area contributed by atoms with Crippen LogP contribution in [0, 0.1) is 5.92 Å². The van der Waals surface area contributed by atoms with Crippen LogP contribution in [0.5, 0.6) is 0 Å². The first kappa shape index (κ1) is 16.0. The average Bonchev–Trinajstić information content (AvgIpc) is 2.35. The van der Waals surface area contributed by atoms with E-state index < -0.39 is 11.7 Å². The van der Waals surface area contributed by atoms with Gasteiger partial charge >= 0.3 is 6.18 Å². The quantitative estimate of drug-likeness (QED) is 0.782. The zero-order valence-corrected chi connectivity index (χ0v) is 11.6. The van der Waals surface area contributed by atoms with Crippen LogP contribution in [-0.2, 0) is 12.6 Å². The van der Waals surface area contributed by atoms with E-state index in [-0.39, 0.29) is 0 Å². The van der Waals surface area contributed by atoms with Crippen LogP contribution in [0.15, 0.2) is 24.3 Å². The maximum Gasteiger partial charge on any atom is 0.416 e. The van der Waals surface area contributed by atoms with E-state index in [1.165, 1.54) is 12.1 Å². The highest BCUT2D eigenvalue weighted by Crippen LogP contribution is 2.30. The third-order valence-electron chi connectivity index (χ3n) is 3.16. The van der Waals surface area contributed by atoms with E-state index in [0.29, 0.717) is 12.3 Å². The topological polar surface area (TPSA) is 12.0 Å². The number of halogens is 3. The van der Waals surface area contributed by atoms with E-state index in [4.69, 9.17) is 0 Å². The fraction of sp³-hybridized carbons (Fsp3) is 0.600. The highest BCUT2D eigenvalue weighted by Gasteiger charge is 2.30. The first-order chi connectivity index (χ1) is 8.97. The summed E-state index contributed by atoms with van der Waals surface area (Å²) in [5.74, 6) is 0.397. The molecule has 1 rings (SSSR count). The minimum absolute atomic E-state index is 0.397. The van der Waals surface area contributed by atoms with Crippen molar-refractivity contribution < 1.29 is 13.2 Å². The summed E-state index contributed by atoms with van der Waals surface area (Å²) in [6.07, 6.45) is -1.47. The Hall–Kier alpha value is -1.03. The highest BCUT2D eigenvalue weighted by molar-refractivity contribution is 5.26. The molecule has 4 heteroatoms. The monoisotopic (exact) mass is 273 g/mol. The number of rotatable bonds is 7. The molecule has 1 unspecified atom stereocenters. The maximum absolute atomic E-state index is 12.6. The second kappa shape index (κ2) is 7.53. The second-order valence-electron chi connectivity index (χ2n) is 4.86. The molecule has 1 aromatic rings. The minimum Gasteiger partial charge on any atom is -0.317 e. The molecule has 1 aromatic carbocycles. The Morgan fingerprint density at radius 1 is 1.21 bits per heavy atom. The summed E-state index contributed by atoms with van der Waals surface area (Å²) in [6, 6.07) is 5.68. The molecule has 1 atom stereocenters. The van der Waals surface area contributed by atoms with Crippen LogP contribution in [0.2, 0.25) is 0 Å². The van der Waals surface area contributed by atoms with Crippen molar-refractivity contribution in [3.05, 3.63) is 35.4 Å². The molecule has 0 spiro atoms. The molecule has 1 nitrogen and oxygen atoms in total. The van der Waals surface area contributed by atoms with Gasteiger partial charge in [-0.25, -0.2) is 0 Å². The van der Waals surface area contributed by atoms with Crippen molar-refractivity contribution in [2.45, 2.75) is 39.3 Å². The van der Waals surface area contributed by atoms with Crippen LogP contribution in [-0.4, -0.2) is 13.1 Å². The van der Waals surface area contributed by atoms with Gasteiger partial charge in [0.2, 0.25) is 0 Å². The molecule has 0 radical (unpaired) electrons. The predicted molar refractivity (Wildman–Crippen MR) is 72.1 cm³/mol. The van der Waals surface area contributed by atoms with Gasteiger partial charge in [-0.1, -0.05) is 38.5 Å². The summed E-state index contributed by atoms with van der Waals surface area (Å²) in [6.45, 7) is 5.89. The first-order valence-corrected chi connectivity index (χ1v) is 6.84. The number of benzene rings is 1. The van der Waals surface area contributed by atoms with Crippen molar-refractivity contribution in [2.75, 3.05) is 13.1 Å². The Labute approximate surface area is 113 Å². The standard InChI is InChI=1S/C15H22F3N/c1-3-6-13(11-19-4-2)9-12-7-5-8-14(10-12)15(16,17)18/h5,7-8,10,13,19H,3-4,6,9,11H2,1-2H3. The summed E-state index contributed by atoms with van der Waals surface area (Å²) >= 11 is 0. The van der Waals surface area contributed by atoms with Crippen molar-refractivity contribution in [1.29, 1.82) is 0 Å². The van der Waals surface area contributed by atoms with E-state index in [0.717, 1.165) is 37.6 Å². The maximum atomic E-state index is 12.6. The van der Waals surface area contributed by atoms with E-state index >= 15 is 0 Å². The minimum atomic E-state index is -4.25. The van der Waals surface area contributed by atoms with Gasteiger partial charge in [-0.3, -0.25) is 0 Å². The van der Waals surface area contributed by atoms with Gasteiger partial charge in [0.05, 0.1) is 5.56 Å². The number of nitrogens with one attached hydrogen (secondary N) is 1. The van der Waals surface area contributed by atoms with Gasteiger partial charge in [0, 0.05) is 0 Å². The molecular formula is C15H22F3N. The lowest BCUT2D eigenvalue weighted by atomic mass is 9.94. The molecule has 0 aliphatic heterocycles. The first-order valence-electron chi connectivity index (χ1n) is 6.84. The van der Waals surface area contributed by atoms with Crippen molar-refractivity contribution >= 4 is 0 Å². The van der Waals surface area contributed by atoms with E-state index in [1.807, 2.05) is 6.92 Å². The van der Waals surface area contributed by atoms with Crippen LogP contribution < -0.4 is 5.32 Å². The smallest absolute Gasteiger partial charge is 0.317 e. The van der Waals surface area contributed by atoms with Crippen LogP contribution in [0.4, 0.5) is 13.2 Å². The average molecular weight is 273 g/mol. The molecule has 0 saturated carbocycles. The third kappa shape index (κ3) is 5.64. The normalized spacial score (nSPS) is 13.5. The van der Waals surface area contributed by atoms with Crippen LogP contribution in [0.1, 0.15) is 37.8 Å². The van der Waals surface area contributed by atoms with Gasteiger partial charge in [0.25, 0.3) is 0 Å². The number of hydrogen-bond donors (Lipinski definition) is 1. The molecule has 0 bridgehead atoms. The lowest BCUT2D eigenvalue weighted by Gasteiger charge is -2.17. The van der Waals surface area contributed by atoms with Crippen LogP contribution in [0.3, 0.4) is 0 Å². The zero-order valence-electron chi connectivity index (χ0n) is 11.6. The van der Waals surface area contributed by atoms with Crippen LogP contribution in [0.25, 0.3) is 0 Å². The number of hydrogen-bond acceptors (Lipinski definition) is 1. The summed E-state index contributed by atoms with van der Waals surface area (Å²) < 4.78 is 37.9. The molecule has 0 saturated heterocycles. The van der Waals surface area contributed by atoms with E-state index in [9.17, 15) is 13.2 Å². The Morgan fingerprint density at radius 3 is 2.53 bits per heavy atom.